The first kappa shape index (κ1) is 8.06. The Bertz CT molecular complexity index is 552. The van der Waals surface area contributed by atoms with Gasteiger partial charge in [0, 0.05) is 23.1 Å². The predicted octanol–water partition coefficient (Wildman–Crippen LogP) is 1.41. The molecule has 0 radical (unpaired) electrons. The second kappa shape index (κ2) is 3.14. The zero-order valence-corrected chi connectivity index (χ0v) is 8.42. The molecule has 1 nitrogen and oxygen atoms in total. The summed E-state index contributed by atoms with van der Waals surface area (Å²) >= 11 is 1.91. The monoisotopic (exact) mass is 199 g/mol. The first-order chi connectivity index (χ1) is 6.95. The van der Waals surface area contributed by atoms with Crippen LogP contribution in [0.25, 0.3) is 18.2 Å². The van der Waals surface area contributed by atoms with E-state index in [2.05, 4.69) is 35.4 Å². The van der Waals surface area contributed by atoms with Crippen LogP contribution in [0.5, 0.6) is 0 Å². The van der Waals surface area contributed by atoms with Crippen LogP contribution in [-0.2, 0) is 0 Å². The van der Waals surface area contributed by atoms with Gasteiger partial charge >= 0.3 is 0 Å². The van der Waals surface area contributed by atoms with Crippen LogP contribution in [-0.4, -0.2) is 12.0 Å². The second-order valence-electron chi connectivity index (χ2n) is 3.28. The molecule has 2 aliphatic heterocycles. The molecule has 68 valence electrons. The number of benzene rings is 1. The predicted molar refractivity (Wildman–Crippen MR) is 62.9 cm³/mol. The maximum atomic E-state index is 4.13. The number of nitrogens with zero attached hydrogens (tertiary/aromatic N) is 1. The SMILES string of the molecule is C1=Cc2c3c(ccc2=CC=N1)=CCS3. The summed E-state index contributed by atoms with van der Waals surface area (Å²) in [6.45, 7) is 0. The van der Waals surface area contributed by atoms with E-state index in [1.165, 1.54) is 20.9 Å². The number of rotatable bonds is 0. The van der Waals surface area contributed by atoms with E-state index in [9.17, 15) is 0 Å². The normalized spacial score (nSPS) is 16.6. The molecule has 2 aliphatic rings. The van der Waals surface area contributed by atoms with Crippen molar-refractivity contribution >= 4 is 36.2 Å². The van der Waals surface area contributed by atoms with Crippen molar-refractivity contribution in [1.29, 1.82) is 0 Å². The fourth-order valence-electron chi connectivity index (χ4n) is 1.78. The Morgan fingerprint density at radius 2 is 2.14 bits per heavy atom. The molecule has 0 N–H and O–H groups in total. The van der Waals surface area contributed by atoms with Crippen LogP contribution >= 0.6 is 11.8 Å². The van der Waals surface area contributed by atoms with Crippen LogP contribution in [0.2, 0.25) is 0 Å². The number of thioether (sulfide) groups is 1. The molecular weight excluding hydrogens is 190 g/mol. The molecule has 0 saturated heterocycles. The highest BCUT2D eigenvalue weighted by Gasteiger charge is 2.08. The van der Waals surface area contributed by atoms with Gasteiger partial charge in [-0.15, -0.1) is 11.8 Å². The van der Waals surface area contributed by atoms with Gasteiger partial charge in [0.1, 0.15) is 0 Å². The van der Waals surface area contributed by atoms with Gasteiger partial charge < -0.3 is 0 Å². The summed E-state index contributed by atoms with van der Waals surface area (Å²) in [6.07, 6.45) is 10.1. The van der Waals surface area contributed by atoms with Gasteiger partial charge in [-0.3, -0.25) is 4.99 Å². The molecule has 0 aliphatic carbocycles. The summed E-state index contributed by atoms with van der Waals surface area (Å²) in [7, 11) is 0. The maximum absolute atomic E-state index is 4.13. The Morgan fingerprint density at radius 3 is 3.14 bits per heavy atom. The highest BCUT2D eigenvalue weighted by Crippen LogP contribution is 2.22. The molecule has 0 fully saturated rings. The van der Waals surface area contributed by atoms with Gasteiger partial charge in [0.2, 0.25) is 0 Å². The topological polar surface area (TPSA) is 12.4 Å². The molecule has 3 rings (SSSR count). The Kier molecular flexibility index (Phi) is 1.81. The lowest BCUT2D eigenvalue weighted by molar-refractivity contribution is 1.33. The van der Waals surface area contributed by atoms with Crippen molar-refractivity contribution < 1.29 is 0 Å². The van der Waals surface area contributed by atoms with Crippen molar-refractivity contribution in [2.75, 3.05) is 5.75 Å². The lowest BCUT2D eigenvalue weighted by Gasteiger charge is -2.01. The maximum Gasteiger partial charge on any atom is 0.0274 e. The van der Waals surface area contributed by atoms with E-state index in [0.717, 1.165) is 5.75 Å². The fourth-order valence-corrected chi connectivity index (χ4v) is 2.87. The highest BCUT2D eigenvalue weighted by atomic mass is 32.2. The molecule has 14 heavy (non-hydrogen) atoms. The van der Waals surface area contributed by atoms with E-state index in [1.807, 2.05) is 24.2 Å². The lowest BCUT2D eigenvalue weighted by atomic mass is 10.1. The number of fused-ring (bicyclic) bond motifs is 3. The summed E-state index contributed by atoms with van der Waals surface area (Å²) in [5.74, 6) is 1.10. The van der Waals surface area contributed by atoms with Crippen molar-refractivity contribution in [3.8, 4) is 0 Å². The summed E-state index contributed by atoms with van der Waals surface area (Å²) in [5.41, 5.74) is 1.32. The quantitative estimate of drug-likeness (QED) is 0.615. The summed E-state index contributed by atoms with van der Waals surface area (Å²) in [5, 5.41) is 2.64. The molecule has 0 atom stereocenters. The third-order valence-corrected chi connectivity index (χ3v) is 3.54. The minimum atomic E-state index is 1.10. The number of hydrogen-bond donors (Lipinski definition) is 0. The molecular formula is C12H9NS. The summed E-state index contributed by atoms with van der Waals surface area (Å²) in [4.78, 5) is 5.53. The van der Waals surface area contributed by atoms with Crippen LogP contribution < -0.4 is 10.4 Å². The molecule has 1 aromatic rings. The molecule has 2 heteroatoms. The van der Waals surface area contributed by atoms with E-state index in [1.54, 1.807) is 0 Å². The first-order valence-electron chi connectivity index (χ1n) is 4.61. The van der Waals surface area contributed by atoms with Gasteiger partial charge in [0.15, 0.2) is 0 Å². The van der Waals surface area contributed by atoms with Crippen molar-refractivity contribution in [3.05, 3.63) is 34.3 Å². The number of aliphatic imine (C=N–C) groups is 1. The second-order valence-corrected chi connectivity index (χ2v) is 4.31. The third kappa shape index (κ3) is 1.15. The first-order valence-corrected chi connectivity index (χ1v) is 5.60. The van der Waals surface area contributed by atoms with Crippen LogP contribution in [0.3, 0.4) is 0 Å². The van der Waals surface area contributed by atoms with Gasteiger partial charge in [-0.1, -0.05) is 18.2 Å². The Labute approximate surface area is 86.6 Å². The minimum absolute atomic E-state index is 1.10. The zero-order chi connectivity index (χ0) is 9.38. The lowest BCUT2D eigenvalue weighted by Crippen LogP contribution is -2.13. The summed E-state index contributed by atoms with van der Waals surface area (Å²) < 4.78 is 0. The highest BCUT2D eigenvalue weighted by molar-refractivity contribution is 8.00. The Morgan fingerprint density at radius 1 is 1.21 bits per heavy atom. The Balaban J connectivity index is 2.42. The standard InChI is InChI=1S/C12H9NS/c1-2-10-5-8-14-12(10)11-4-7-13-6-3-9(1)11/h1-7H,8H2. The van der Waals surface area contributed by atoms with Crippen LogP contribution in [0.15, 0.2) is 28.2 Å². The molecule has 0 spiro atoms. The van der Waals surface area contributed by atoms with Gasteiger partial charge in [0.25, 0.3) is 0 Å². The van der Waals surface area contributed by atoms with Crippen LogP contribution in [0.4, 0.5) is 0 Å². The minimum Gasteiger partial charge on any atom is -0.265 e. The number of hydrogen-bond acceptors (Lipinski definition) is 2. The molecule has 0 saturated carbocycles. The molecule has 0 amide bonds. The molecule has 0 aromatic heterocycles. The Hall–Kier alpha value is -1.28. The molecule has 1 aromatic carbocycles. The molecule has 2 heterocycles. The van der Waals surface area contributed by atoms with E-state index >= 15 is 0 Å². The van der Waals surface area contributed by atoms with Gasteiger partial charge in [-0.2, -0.15) is 0 Å². The summed E-state index contributed by atoms with van der Waals surface area (Å²) in [6, 6.07) is 4.36. The van der Waals surface area contributed by atoms with Gasteiger partial charge in [-0.25, -0.2) is 0 Å². The third-order valence-electron chi connectivity index (χ3n) is 2.46. The fraction of sp³-hybridized carbons (Fsp3) is 0.0833. The van der Waals surface area contributed by atoms with Crippen molar-refractivity contribution in [2.24, 2.45) is 4.99 Å². The van der Waals surface area contributed by atoms with Crippen molar-refractivity contribution in [1.82, 2.24) is 0 Å². The van der Waals surface area contributed by atoms with E-state index in [-0.39, 0.29) is 0 Å². The van der Waals surface area contributed by atoms with E-state index in [0.29, 0.717) is 0 Å². The van der Waals surface area contributed by atoms with E-state index < -0.39 is 0 Å². The van der Waals surface area contributed by atoms with Gasteiger partial charge in [0.05, 0.1) is 0 Å². The smallest absolute Gasteiger partial charge is 0.0274 e. The van der Waals surface area contributed by atoms with Gasteiger partial charge in [-0.05, 0) is 28.2 Å². The average molecular weight is 199 g/mol. The molecule has 0 bridgehead atoms. The van der Waals surface area contributed by atoms with Crippen molar-refractivity contribution in [2.45, 2.75) is 4.90 Å². The largest absolute Gasteiger partial charge is 0.265 e. The molecule has 0 unspecified atom stereocenters. The zero-order valence-electron chi connectivity index (χ0n) is 7.60. The average Bonchev–Trinajstić information content (AvgIpc) is 2.55. The van der Waals surface area contributed by atoms with Crippen LogP contribution in [0.1, 0.15) is 5.56 Å². The van der Waals surface area contributed by atoms with E-state index in [4.69, 9.17) is 0 Å². The van der Waals surface area contributed by atoms with Crippen LogP contribution in [0, 0.1) is 0 Å². The van der Waals surface area contributed by atoms with Crippen molar-refractivity contribution in [3.63, 3.8) is 0 Å².